The number of hydrogen-bond acceptors (Lipinski definition) is 5. The zero-order valence-electron chi connectivity index (χ0n) is 10.2. The molecule has 0 unspecified atom stereocenters. The number of nitrogens with one attached hydrogen (secondary N) is 1. The molecule has 0 saturated heterocycles. The zero-order valence-corrected chi connectivity index (χ0v) is 11.7. The topological polar surface area (TPSA) is 59.9 Å². The molecule has 21 heavy (non-hydrogen) atoms. The van der Waals surface area contributed by atoms with Crippen LogP contribution in [-0.2, 0) is 0 Å². The third kappa shape index (κ3) is 5.24. The number of rotatable bonds is 4. The minimum atomic E-state index is -4.40. The smallest absolute Gasteiger partial charge is 0.422 e. The van der Waals surface area contributed by atoms with Crippen LogP contribution in [0.25, 0.3) is 0 Å². The molecular weight excluding hydrogens is 332 g/mol. The highest BCUT2D eigenvalue weighted by molar-refractivity contribution is 6.31. The molecule has 0 amide bonds. The molecule has 0 saturated carbocycles. The fourth-order valence-corrected chi connectivity index (χ4v) is 1.70. The Morgan fingerprint density at radius 2 is 1.76 bits per heavy atom. The third-order valence-electron chi connectivity index (χ3n) is 2.07. The normalized spacial score (nSPS) is 11.3. The van der Waals surface area contributed by atoms with Gasteiger partial charge in [-0.15, -0.1) is 0 Å². The summed E-state index contributed by atoms with van der Waals surface area (Å²) in [4.78, 5) is 11.1. The number of halogens is 5. The van der Waals surface area contributed by atoms with Gasteiger partial charge in [0, 0.05) is 11.8 Å². The summed E-state index contributed by atoms with van der Waals surface area (Å²) in [5.41, 5.74) is 0.410. The Bertz CT molecular complexity index is 619. The van der Waals surface area contributed by atoms with Crippen molar-refractivity contribution in [1.82, 2.24) is 15.0 Å². The molecule has 2 rings (SSSR count). The molecule has 0 atom stereocenters. The van der Waals surface area contributed by atoms with Crippen LogP contribution in [0.1, 0.15) is 0 Å². The molecule has 0 fully saturated rings. The van der Waals surface area contributed by atoms with E-state index in [2.05, 4.69) is 25.0 Å². The summed E-state index contributed by atoms with van der Waals surface area (Å²) in [5.74, 6) is 0.108. The highest BCUT2D eigenvalue weighted by atomic mass is 35.5. The van der Waals surface area contributed by atoms with Gasteiger partial charge in [0.05, 0.1) is 0 Å². The second-order valence-electron chi connectivity index (χ2n) is 3.75. The lowest BCUT2D eigenvalue weighted by Crippen LogP contribution is -2.19. The van der Waals surface area contributed by atoms with E-state index in [1.54, 1.807) is 6.07 Å². The number of hydrogen-bond donors (Lipinski definition) is 1. The lowest BCUT2D eigenvalue weighted by atomic mass is 10.3. The van der Waals surface area contributed by atoms with E-state index in [-0.39, 0.29) is 22.3 Å². The second kappa shape index (κ2) is 6.31. The molecule has 1 heterocycles. The molecule has 0 aliphatic rings. The van der Waals surface area contributed by atoms with Crippen molar-refractivity contribution >= 4 is 34.8 Å². The minimum absolute atomic E-state index is 0.0450. The standard InChI is InChI=1S/C11H7Cl2F3N4O/c12-8-18-9(13)20-10(19-8)17-6-2-1-3-7(4-6)21-5-11(14,15)16/h1-4H,5H2,(H,17,18,19,20). The van der Waals surface area contributed by atoms with E-state index < -0.39 is 12.8 Å². The molecule has 1 aromatic heterocycles. The van der Waals surface area contributed by atoms with E-state index in [9.17, 15) is 13.2 Å². The van der Waals surface area contributed by atoms with E-state index in [0.717, 1.165) is 0 Å². The molecule has 112 valence electrons. The van der Waals surface area contributed by atoms with Crippen molar-refractivity contribution in [2.24, 2.45) is 0 Å². The number of alkyl halides is 3. The van der Waals surface area contributed by atoms with Crippen LogP contribution in [0.5, 0.6) is 5.75 Å². The first kappa shape index (κ1) is 15.6. The van der Waals surface area contributed by atoms with Crippen LogP contribution < -0.4 is 10.1 Å². The van der Waals surface area contributed by atoms with Gasteiger partial charge in [-0.3, -0.25) is 0 Å². The predicted octanol–water partition coefficient (Wildman–Crippen LogP) is 3.86. The summed E-state index contributed by atoms with van der Waals surface area (Å²) in [6, 6.07) is 5.85. The highest BCUT2D eigenvalue weighted by Gasteiger charge is 2.28. The van der Waals surface area contributed by atoms with Gasteiger partial charge < -0.3 is 10.1 Å². The summed E-state index contributed by atoms with van der Waals surface area (Å²) in [6.07, 6.45) is -4.40. The number of anilines is 2. The summed E-state index contributed by atoms with van der Waals surface area (Å²) in [5, 5.41) is 2.51. The van der Waals surface area contributed by atoms with Crippen molar-refractivity contribution in [2.45, 2.75) is 6.18 Å². The number of benzene rings is 1. The highest BCUT2D eigenvalue weighted by Crippen LogP contribution is 2.23. The van der Waals surface area contributed by atoms with Crippen molar-refractivity contribution < 1.29 is 17.9 Å². The fraction of sp³-hybridized carbons (Fsp3) is 0.182. The zero-order chi connectivity index (χ0) is 15.5. The maximum absolute atomic E-state index is 12.1. The van der Waals surface area contributed by atoms with Gasteiger partial charge in [-0.05, 0) is 35.3 Å². The SMILES string of the molecule is FC(F)(F)COc1cccc(Nc2nc(Cl)nc(Cl)n2)c1. The van der Waals surface area contributed by atoms with E-state index in [1.165, 1.54) is 18.2 Å². The van der Waals surface area contributed by atoms with Crippen LogP contribution in [0, 0.1) is 0 Å². The quantitative estimate of drug-likeness (QED) is 0.917. The Balaban J connectivity index is 2.10. The van der Waals surface area contributed by atoms with Crippen LogP contribution in [0.15, 0.2) is 24.3 Å². The van der Waals surface area contributed by atoms with Gasteiger partial charge in [0.15, 0.2) is 6.61 Å². The molecule has 1 N–H and O–H groups in total. The first-order chi connectivity index (χ1) is 9.82. The molecule has 0 bridgehead atoms. The van der Waals surface area contributed by atoms with Crippen molar-refractivity contribution in [3.05, 3.63) is 34.8 Å². The summed E-state index contributed by atoms with van der Waals surface area (Å²) < 4.78 is 40.9. The number of aromatic nitrogens is 3. The molecular formula is C11H7Cl2F3N4O. The van der Waals surface area contributed by atoms with Crippen LogP contribution in [0.2, 0.25) is 10.6 Å². The van der Waals surface area contributed by atoms with Crippen LogP contribution in [0.4, 0.5) is 24.8 Å². The first-order valence-electron chi connectivity index (χ1n) is 5.45. The van der Waals surface area contributed by atoms with E-state index in [1.807, 2.05) is 0 Å². The van der Waals surface area contributed by atoms with Gasteiger partial charge in [-0.25, -0.2) is 0 Å². The fourth-order valence-electron chi connectivity index (χ4n) is 1.34. The van der Waals surface area contributed by atoms with Crippen molar-refractivity contribution in [3.8, 4) is 5.75 Å². The van der Waals surface area contributed by atoms with Gasteiger partial charge in [0.25, 0.3) is 0 Å². The van der Waals surface area contributed by atoms with Crippen LogP contribution >= 0.6 is 23.2 Å². The lowest BCUT2D eigenvalue weighted by Gasteiger charge is -2.10. The van der Waals surface area contributed by atoms with Gasteiger partial charge in [-0.2, -0.15) is 28.1 Å². The maximum atomic E-state index is 12.1. The molecule has 10 heteroatoms. The molecule has 5 nitrogen and oxygen atoms in total. The van der Waals surface area contributed by atoms with Gasteiger partial charge >= 0.3 is 6.18 Å². The molecule has 0 spiro atoms. The van der Waals surface area contributed by atoms with Gasteiger partial charge in [-0.1, -0.05) is 6.07 Å². The molecule has 0 radical (unpaired) electrons. The molecule has 2 aromatic rings. The average Bonchev–Trinajstić information content (AvgIpc) is 2.35. The van der Waals surface area contributed by atoms with Crippen molar-refractivity contribution in [2.75, 3.05) is 11.9 Å². The van der Waals surface area contributed by atoms with E-state index in [4.69, 9.17) is 23.2 Å². The second-order valence-corrected chi connectivity index (χ2v) is 4.43. The Hall–Kier alpha value is -1.80. The predicted molar refractivity (Wildman–Crippen MR) is 71.1 cm³/mol. The van der Waals surface area contributed by atoms with E-state index in [0.29, 0.717) is 5.69 Å². The lowest BCUT2D eigenvalue weighted by molar-refractivity contribution is -0.153. The minimum Gasteiger partial charge on any atom is -0.484 e. The maximum Gasteiger partial charge on any atom is 0.422 e. The number of ether oxygens (including phenoxy) is 1. The average molecular weight is 339 g/mol. The summed E-state index contributed by atoms with van der Waals surface area (Å²) in [7, 11) is 0. The van der Waals surface area contributed by atoms with Gasteiger partial charge in [0.2, 0.25) is 16.5 Å². The van der Waals surface area contributed by atoms with Crippen molar-refractivity contribution in [3.63, 3.8) is 0 Å². The summed E-state index contributed by atoms with van der Waals surface area (Å²) in [6.45, 7) is -1.38. The Labute approximate surface area is 127 Å². The number of nitrogens with zero attached hydrogens (tertiary/aromatic N) is 3. The molecule has 0 aliphatic heterocycles. The Morgan fingerprint density at radius 1 is 1.10 bits per heavy atom. The van der Waals surface area contributed by atoms with Crippen LogP contribution in [0.3, 0.4) is 0 Å². The molecule has 0 aliphatic carbocycles. The molecule has 1 aromatic carbocycles. The van der Waals surface area contributed by atoms with E-state index >= 15 is 0 Å². The van der Waals surface area contributed by atoms with Crippen LogP contribution in [-0.4, -0.2) is 27.7 Å². The first-order valence-corrected chi connectivity index (χ1v) is 6.21. The monoisotopic (exact) mass is 338 g/mol. The summed E-state index contributed by atoms with van der Waals surface area (Å²) >= 11 is 11.2. The largest absolute Gasteiger partial charge is 0.484 e. The Kier molecular flexibility index (Phi) is 4.69. The van der Waals surface area contributed by atoms with Gasteiger partial charge in [0.1, 0.15) is 5.75 Å². The van der Waals surface area contributed by atoms with Crippen molar-refractivity contribution in [1.29, 1.82) is 0 Å². The third-order valence-corrected chi connectivity index (χ3v) is 2.41. The Morgan fingerprint density at radius 3 is 2.38 bits per heavy atom.